The Labute approximate surface area is 207 Å². The van der Waals surface area contributed by atoms with Crippen LogP contribution in [0.25, 0.3) is 0 Å². The monoisotopic (exact) mass is 552 g/mol. The number of aliphatic imine (C=N–C) groups is 1. The van der Waals surface area contributed by atoms with Crippen LogP contribution in [-0.4, -0.2) is 56.2 Å². The molecule has 0 radical (unpaired) electrons. The van der Waals surface area contributed by atoms with Gasteiger partial charge in [-0.25, -0.2) is 4.98 Å². The Bertz CT molecular complexity index is 857. The van der Waals surface area contributed by atoms with E-state index in [0.29, 0.717) is 24.9 Å². The van der Waals surface area contributed by atoms with E-state index < -0.39 is 0 Å². The first-order chi connectivity index (χ1) is 15.2. The zero-order chi connectivity index (χ0) is 21.9. The fourth-order valence-electron chi connectivity index (χ4n) is 3.51. The van der Waals surface area contributed by atoms with E-state index in [2.05, 4.69) is 36.9 Å². The van der Waals surface area contributed by atoms with Gasteiger partial charge in [0.1, 0.15) is 11.6 Å². The summed E-state index contributed by atoms with van der Waals surface area (Å²) in [7, 11) is 1.78. The minimum Gasteiger partial charge on any atom is -0.484 e. The number of hydrogen-bond donors (Lipinski definition) is 3. The highest BCUT2D eigenvalue weighted by Gasteiger charge is 2.20. The molecule has 0 unspecified atom stereocenters. The number of pyridine rings is 1. The summed E-state index contributed by atoms with van der Waals surface area (Å²) in [6, 6.07) is 14.1. The number of halogens is 1. The largest absolute Gasteiger partial charge is 0.484 e. The molecule has 1 aliphatic rings. The molecule has 3 rings (SSSR count). The first-order valence-electron chi connectivity index (χ1n) is 10.8. The summed E-state index contributed by atoms with van der Waals surface area (Å²) >= 11 is 0. The molecule has 32 heavy (non-hydrogen) atoms. The smallest absolute Gasteiger partial charge is 0.257 e. The Hall–Kier alpha value is -2.56. The van der Waals surface area contributed by atoms with Gasteiger partial charge in [0.15, 0.2) is 12.6 Å². The maximum absolute atomic E-state index is 11.6. The SMILES string of the molecule is CCNC(=O)COc1cccc(CNC(=NC)NC2CCN(c3ccccn3)CC2)c1.I. The summed E-state index contributed by atoms with van der Waals surface area (Å²) in [5.41, 5.74) is 1.06. The van der Waals surface area contributed by atoms with Crippen molar-refractivity contribution in [3.05, 3.63) is 54.2 Å². The summed E-state index contributed by atoms with van der Waals surface area (Å²) in [6.07, 6.45) is 3.90. The summed E-state index contributed by atoms with van der Waals surface area (Å²) < 4.78 is 5.57. The van der Waals surface area contributed by atoms with E-state index in [1.165, 1.54) is 0 Å². The number of nitrogens with one attached hydrogen (secondary N) is 3. The van der Waals surface area contributed by atoms with Crippen LogP contribution in [0.15, 0.2) is 53.7 Å². The first-order valence-corrected chi connectivity index (χ1v) is 10.8. The quantitative estimate of drug-likeness (QED) is 0.265. The number of guanidine groups is 1. The standard InChI is InChI=1S/C23H32N6O2.HI/c1-3-25-22(30)17-31-20-8-6-7-18(15-20)16-27-23(24-2)28-19-10-13-29(14-11-19)21-9-4-5-12-26-21;/h4-9,12,15,19H,3,10-11,13-14,16-17H2,1-2H3,(H,25,30)(H2,24,27,28);1H. The lowest BCUT2D eigenvalue weighted by Gasteiger charge is -2.33. The van der Waals surface area contributed by atoms with Gasteiger partial charge in [-0.15, -0.1) is 24.0 Å². The van der Waals surface area contributed by atoms with Crippen LogP contribution >= 0.6 is 24.0 Å². The Morgan fingerprint density at radius 2 is 2.00 bits per heavy atom. The van der Waals surface area contributed by atoms with Gasteiger partial charge < -0.3 is 25.6 Å². The minimum absolute atomic E-state index is 0. The highest BCUT2D eigenvalue weighted by atomic mass is 127. The number of carbonyl (C=O) groups is 1. The van der Waals surface area contributed by atoms with Gasteiger partial charge in [0.05, 0.1) is 0 Å². The van der Waals surface area contributed by atoms with Crippen LogP contribution in [0.3, 0.4) is 0 Å². The number of anilines is 1. The Morgan fingerprint density at radius 3 is 2.69 bits per heavy atom. The number of carbonyl (C=O) groups excluding carboxylic acids is 1. The second kappa shape index (κ2) is 13.8. The molecule has 2 heterocycles. The van der Waals surface area contributed by atoms with Crippen LogP contribution in [-0.2, 0) is 11.3 Å². The lowest BCUT2D eigenvalue weighted by atomic mass is 10.1. The number of rotatable bonds is 8. The summed E-state index contributed by atoms with van der Waals surface area (Å²) in [4.78, 5) is 22.7. The number of ether oxygens (including phenoxy) is 1. The molecule has 0 aliphatic carbocycles. The third kappa shape index (κ3) is 8.18. The number of benzene rings is 1. The number of hydrogen-bond acceptors (Lipinski definition) is 5. The van der Waals surface area contributed by atoms with E-state index in [0.717, 1.165) is 43.3 Å². The molecular formula is C23H33IN6O2. The van der Waals surface area contributed by atoms with Crippen molar-refractivity contribution in [3.8, 4) is 5.75 Å². The molecule has 1 fully saturated rings. The third-order valence-electron chi connectivity index (χ3n) is 5.13. The molecule has 8 nitrogen and oxygen atoms in total. The van der Waals surface area contributed by atoms with Crippen LogP contribution in [0.5, 0.6) is 5.75 Å². The van der Waals surface area contributed by atoms with E-state index >= 15 is 0 Å². The van der Waals surface area contributed by atoms with Crippen molar-refractivity contribution < 1.29 is 9.53 Å². The number of aromatic nitrogens is 1. The van der Waals surface area contributed by atoms with E-state index in [1.807, 2.05) is 49.5 Å². The molecule has 174 valence electrons. The van der Waals surface area contributed by atoms with E-state index in [4.69, 9.17) is 4.74 Å². The Kier molecular flexibility index (Phi) is 11.1. The van der Waals surface area contributed by atoms with Crippen LogP contribution in [0.1, 0.15) is 25.3 Å². The van der Waals surface area contributed by atoms with Crippen molar-refractivity contribution in [1.82, 2.24) is 20.9 Å². The predicted molar refractivity (Wildman–Crippen MR) is 139 cm³/mol. The van der Waals surface area contributed by atoms with Crippen molar-refractivity contribution in [2.24, 2.45) is 4.99 Å². The van der Waals surface area contributed by atoms with Gasteiger partial charge in [-0.3, -0.25) is 9.79 Å². The van der Waals surface area contributed by atoms with Gasteiger partial charge in [0, 0.05) is 45.5 Å². The summed E-state index contributed by atoms with van der Waals surface area (Å²) in [6.45, 7) is 5.05. The van der Waals surface area contributed by atoms with E-state index in [-0.39, 0.29) is 36.5 Å². The fourth-order valence-corrected chi connectivity index (χ4v) is 3.51. The molecule has 1 aliphatic heterocycles. The highest BCUT2D eigenvalue weighted by Crippen LogP contribution is 2.17. The minimum atomic E-state index is -0.121. The average molecular weight is 552 g/mol. The fraction of sp³-hybridized carbons (Fsp3) is 0.435. The van der Waals surface area contributed by atoms with Crippen molar-refractivity contribution in [1.29, 1.82) is 0 Å². The van der Waals surface area contributed by atoms with Gasteiger partial charge in [-0.1, -0.05) is 18.2 Å². The Morgan fingerprint density at radius 1 is 1.19 bits per heavy atom. The molecule has 1 saturated heterocycles. The first kappa shape index (κ1) is 25.7. The molecule has 0 atom stereocenters. The average Bonchev–Trinajstić information content (AvgIpc) is 2.82. The van der Waals surface area contributed by atoms with Gasteiger partial charge in [-0.2, -0.15) is 0 Å². The normalized spacial score (nSPS) is 14.3. The molecule has 1 aromatic carbocycles. The maximum atomic E-state index is 11.6. The van der Waals surface area contributed by atoms with Crippen molar-refractivity contribution in [2.75, 3.05) is 38.2 Å². The van der Waals surface area contributed by atoms with Gasteiger partial charge >= 0.3 is 0 Å². The van der Waals surface area contributed by atoms with Gasteiger partial charge in [0.2, 0.25) is 0 Å². The molecule has 9 heteroatoms. The van der Waals surface area contributed by atoms with Crippen molar-refractivity contribution in [2.45, 2.75) is 32.4 Å². The zero-order valence-electron chi connectivity index (χ0n) is 18.7. The van der Waals surface area contributed by atoms with E-state index in [9.17, 15) is 4.79 Å². The van der Waals surface area contributed by atoms with E-state index in [1.54, 1.807) is 7.05 Å². The number of nitrogens with zero attached hydrogens (tertiary/aromatic N) is 3. The molecule has 2 aromatic rings. The molecular weight excluding hydrogens is 519 g/mol. The maximum Gasteiger partial charge on any atom is 0.257 e. The summed E-state index contributed by atoms with van der Waals surface area (Å²) in [5.74, 6) is 2.38. The molecule has 1 amide bonds. The topological polar surface area (TPSA) is 90.9 Å². The van der Waals surface area contributed by atoms with Crippen LogP contribution in [0.4, 0.5) is 5.82 Å². The number of likely N-dealkylation sites (N-methyl/N-ethyl adjacent to an activating group) is 1. The van der Waals surface area contributed by atoms with Crippen LogP contribution in [0.2, 0.25) is 0 Å². The van der Waals surface area contributed by atoms with Crippen LogP contribution < -0.4 is 25.6 Å². The highest BCUT2D eigenvalue weighted by molar-refractivity contribution is 14.0. The lowest BCUT2D eigenvalue weighted by Crippen LogP contribution is -2.48. The zero-order valence-corrected chi connectivity index (χ0v) is 21.0. The molecule has 0 bridgehead atoms. The van der Waals surface area contributed by atoms with Crippen molar-refractivity contribution >= 4 is 41.7 Å². The molecule has 0 spiro atoms. The predicted octanol–water partition coefficient (Wildman–Crippen LogP) is 2.55. The third-order valence-corrected chi connectivity index (χ3v) is 5.13. The second-order valence-corrected chi connectivity index (χ2v) is 7.41. The van der Waals surface area contributed by atoms with Gasteiger partial charge in [0.25, 0.3) is 5.91 Å². The molecule has 1 aromatic heterocycles. The van der Waals surface area contributed by atoms with Gasteiger partial charge in [-0.05, 0) is 49.6 Å². The lowest BCUT2D eigenvalue weighted by molar-refractivity contribution is -0.122. The number of piperidine rings is 1. The number of amides is 1. The molecule has 3 N–H and O–H groups in total. The Balaban J connectivity index is 0.00000363. The molecule has 0 saturated carbocycles. The van der Waals surface area contributed by atoms with Crippen molar-refractivity contribution in [3.63, 3.8) is 0 Å². The summed E-state index contributed by atoms with van der Waals surface area (Å²) in [5, 5.41) is 9.61. The second-order valence-electron chi connectivity index (χ2n) is 7.41. The van der Waals surface area contributed by atoms with Crippen LogP contribution in [0, 0.1) is 0 Å².